The van der Waals surface area contributed by atoms with Gasteiger partial charge in [-0.1, -0.05) is 43.3 Å². The molecule has 0 aromatic heterocycles. The number of hydrogen-bond acceptors (Lipinski definition) is 3. The Kier molecular flexibility index (Phi) is 7.33. The quantitative estimate of drug-likeness (QED) is 0.522. The molecule has 2 rings (SSSR count). The first-order chi connectivity index (χ1) is 12.6. The number of hydrogen-bond donors (Lipinski definition) is 3. The van der Waals surface area contributed by atoms with Gasteiger partial charge in [-0.05, 0) is 37.5 Å². The van der Waals surface area contributed by atoms with Crippen LogP contribution in [0.1, 0.15) is 43.5 Å². The third-order valence-corrected chi connectivity index (χ3v) is 4.30. The van der Waals surface area contributed by atoms with Gasteiger partial charge in [0.25, 0.3) is 0 Å². The maximum absolute atomic E-state index is 10.2. The van der Waals surface area contributed by atoms with E-state index in [1.807, 2.05) is 19.1 Å². The summed E-state index contributed by atoms with van der Waals surface area (Å²) in [6.07, 6.45) is 1.04. The predicted octanol–water partition coefficient (Wildman–Crippen LogP) is 3.78. The molecule has 0 fully saturated rings. The van der Waals surface area contributed by atoms with E-state index in [9.17, 15) is 5.11 Å². The number of aryl methyl sites for hydroxylation is 1. The smallest absolute Gasteiger partial charge is 0.192 e. The summed E-state index contributed by atoms with van der Waals surface area (Å²) >= 11 is 0. The van der Waals surface area contributed by atoms with Gasteiger partial charge in [-0.15, -0.1) is 0 Å². The first-order valence-corrected chi connectivity index (χ1v) is 9.07. The summed E-state index contributed by atoms with van der Waals surface area (Å²) in [5, 5.41) is 16.9. The summed E-state index contributed by atoms with van der Waals surface area (Å²) < 4.78 is 5.15. The van der Waals surface area contributed by atoms with Gasteiger partial charge >= 0.3 is 0 Å². The number of ether oxygens (including phenoxy) is 1. The molecule has 0 aliphatic heterocycles. The molecule has 140 valence electrons. The molecule has 3 N–H and O–H groups in total. The molecule has 0 amide bonds. The average molecular weight is 355 g/mol. The van der Waals surface area contributed by atoms with Crippen molar-refractivity contribution in [2.24, 2.45) is 4.99 Å². The third-order valence-electron chi connectivity index (χ3n) is 4.30. The van der Waals surface area contributed by atoms with Gasteiger partial charge in [-0.3, -0.25) is 0 Å². The second-order valence-corrected chi connectivity index (χ2v) is 6.12. The lowest BCUT2D eigenvalue weighted by molar-refractivity contribution is 0.370. The van der Waals surface area contributed by atoms with Crippen LogP contribution in [0.2, 0.25) is 0 Å². The third kappa shape index (κ3) is 5.15. The highest BCUT2D eigenvalue weighted by Gasteiger charge is 2.10. The summed E-state index contributed by atoms with van der Waals surface area (Å²) in [5.41, 5.74) is 3.26. The van der Waals surface area contributed by atoms with Crippen LogP contribution in [-0.2, 0) is 13.0 Å². The first-order valence-electron chi connectivity index (χ1n) is 9.07. The lowest BCUT2D eigenvalue weighted by atomic mass is 10.1. The Morgan fingerprint density at radius 1 is 1.15 bits per heavy atom. The largest absolute Gasteiger partial charge is 0.504 e. The molecule has 0 saturated heterocycles. The highest BCUT2D eigenvalue weighted by molar-refractivity contribution is 5.80. The molecule has 0 radical (unpaired) electrons. The van der Waals surface area contributed by atoms with Crippen molar-refractivity contribution in [1.29, 1.82) is 0 Å². The Hall–Kier alpha value is -2.69. The fraction of sp³-hybridized carbons (Fsp3) is 0.381. The molecule has 0 aliphatic rings. The van der Waals surface area contributed by atoms with Gasteiger partial charge in [0.2, 0.25) is 0 Å². The number of methoxy groups -OCH3 is 1. The predicted molar refractivity (Wildman–Crippen MR) is 107 cm³/mol. The van der Waals surface area contributed by atoms with Gasteiger partial charge < -0.3 is 20.5 Å². The van der Waals surface area contributed by atoms with Crippen molar-refractivity contribution in [1.82, 2.24) is 10.6 Å². The number of aromatic hydroxyl groups is 1. The molecular weight excluding hydrogens is 326 g/mol. The SMILES string of the molecule is CCNC(=NCc1cccc(OC)c1O)NC(C)c1ccc(CC)cc1. The number of aliphatic imine (C=N–C) groups is 1. The lowest BCUT2D eigenvalue weighted by Crippen LogP contribution is -2.38. The summed E-state index contributed by atoms with van der Waals surface area (Å²) in [4.78, 5) is 4.60. The summed E-state index contributed by atoms with van der Waals surface area (Å²) in [6.45, 7) is 7.41. The van der Waals surface area contributed by atoms with E-state index in [0.717, 1.165) is 18.5 Å². The Balaban J connectivity index is 2.10. The minimum absolute atomic E-state index is 0.123. The standard InChI is InChI=1S/C21H29N3O2/c1-5-16-10-12-17(13-11-16)15(3)24-21(22-6-2)23-14-18-8-7-9-19(26-4)20(18)25/h7-13,15,25H,5-6,14H2,1-4H3,(H2,22,23,24). The summed E-state index contributed by atoms with van der Waals surface area (Å²) in [5.74, 6) is 1.31. The number of guanidine groups is 1. The summed E-state index contributed by atoms with van der Waals surface area (Å²) in [7, 11) is 1.54. The van der Waals surface area contributed by atoms with Crippen LogP contribution >= 0.6 is 0 Å². The molecule has 0 spiro atoms. The number of rotatable bonds is 7. The number of nitrogens with zero attached hydrogens (tertiary/aromatic N) is 1. The van der Waals surface area contributed by atoms with E-state index in [1.165, 1.54) is 11.1 Å². The molecule has 1 atom stereocenters. The Bertz CT molecular complexity index is 727. The number of phenolic OH excluding ortho intramolecular Hbond substituents is 1. The molecular formula is C21H29N3O2. The van der Waals surface area contributed by atoms with Crippen molar-refractivity contribution in [3.8, 4) is 11.5 Å². The minimum atomic E-state index is 0.123. The maximum Gasteiger partial charge on any atom is 0.192 e. The Morgan fingerprint density at radius 3 is 2.50 bits per heavy atom. The minimum Gasteiger partial charge on any atom is -0.504 e. The second kappa shape index (κ2) is 9.70. The molecule has 0 saturated carbocycles. The van der Waals surface area contributed by atoms with Crippen molar-refractivity contribution in [2.45, 2.75) is 39.8 Å². The molecule has 5 heteroatoms. The zero-order chi connectivity index (χ0) is 18.9. The Labute approximate surface area is 156 Å². The maximum atomic E-state index is 10.2. The van der Waals surface area contributed by atoms with Crippen LogP contribution in [0.4, 0.5) is 0 Å². The van der Waals surface area contributed by atoms with Gasteiger partial charge in [0.15, 0.2) is 17.5 Å². The van der Waals surface area contributed by atoms with Gasteiger partial charge in [-0.2, -0.15) is 0 Å². The molecule has 1 unspecified atom stereocenters. The fourth-order valence-corrected chi connectivity index (χ4v) is 2.67. The van der Waals surface area contributed by atoms with E-state index in [0.29, 0.717) is 18.3 Å². The van der Waals surface area contributed by atoms with Gasteiger partial charge in [0.1, 0.15) is 0 Å². The first kappa shape index (κ1) is 19.6. The highest BCUT2D eigenvalue weighted by atomic mass is 16.5. The van der Waals surface area contributed by atoms with Crippen LogP contribution in [0.25, 0.3) is 0 Å². The average Bonchev–Trinajstić information content (AvgIpc) is 2.67. The molecule has 26 heavy (non-hydrogen) atoms. The molecule has 5 nitrogen and oxygen atoms in total. The monoisotopic (exact) mass is 355 g/mol. The van der Waals surface area contributed by atoms with Gasteiger partial charge in [0, 0.05) is 12.1 Å². The van der Waals surface area contributed by atoms with E-state index in [1.54, 1.807) is 13.2 Å². The highest BCUT2D eigenvalue weighted by Crippen LogP contribution is 2.29. The fourth-order valence-electron chi connectivity index (χ4n) is 2.67. The van der Waals surface area contributed by atoms with Crippen molar-refractivity contribution in [2.75, 3.05) is 13.7 Å². The topological polar surface area (TPSA) is 65.9 Å². The Morgan fingerprint density at radius 2 is 1.88 bits per heavy atom. The van der Waals surface area contributed by atoms with Crippen LogP contribution in [0.5, 0.6) is 11.5 Å². The van der Waals surface area contributed by atoms with Crippen LogP contribution in [0.15, 0.2) is 47.5 Å². The lowest BCUT2D eigenvalue weighted by Gasteiger charge is -2.18. The number of para-hydroxylation sites is 1. The van der Waals surface area contributed by atoms with Crippen LogP contribution < -0.4 is 15.4 Å². The zero-order valence-electron chi connectivity index (χ0n) is 16.0. The van der Waals surface area contributed by atoms with Gasteiger partial charge in [0.05, 0.1) is 19.7 Å². The van der Waals surface area contributed by atoms with E-state index < -0.39 is 0 Å². The molecule has 0 bridgehead atoms. The van der Waals surface area contributed by atoms with E-state index in [4.69, 9.17) is 4.74 Å². The van der Waals surface area contributed by atoms with Crippen molar-refractivity contribution >= 4 is 5.96 Å². The zero-order valence-corrected chi connectivity index (χ0v) is 16.0. The molecule has 2 aromatic rings. The number of benzene rings is 2. The van der Waals surface area contributed by atoms with Crippen molar-refractivity contribution in [3.63, 3.8) is 0 Å². The van der Waals surface area contributed by atoms with Crippen LogP contribution in [-0.4, -0.2) is 24.7 Å². The van der Waals surface area contributed by atoms with Crippen molar-refractivity contribution in [3.05, 3.63) is 59.2 Å². The normalized spacial score (nSPS) is 12.5. The van der Waals surface area contributed by atoms with E-state index >= 15 is 0 Å². The van der Waals surface area contributed by atoms with E-state index in [2.05, 4.69) is 53.7 Å². The molecule has 0 heterocycles. The van der Waals surface area contributed by atoms with Crippen LogP contribution in [0, 0.1) is 0 Å². The molecule has 0 aliphatic carbocycles. The number of nitrogens with one attached hydrogen (secondary N) is 2. The second-order valence-electron chi connectivity index (χ2n) is 6.12. The van der Waals surface area contributed by atoms with Gasteiger partial charge in [-0.25, -0.2) is 4.99 Å². The number of phenols is 1. The van der Waals surface area contributed by atoms with E-state index in [-0.39, 0.29) is 11.8 Å². The van der Waals surface area contributed by atoms with Crippen LogP contribution in [0.3, 0.4) is 0 Å². The summed E-state index contributed by atoms with van der Waals surface area (Å²) in [6, 6.07) is 14.2. The van der Waals surface area contributed by atoms with Crippen molar-refractivity contribution < 1.29 is 9.84 Å². The molecule has 2 aromatic carbocycles.